The van der Waals surface area contributed by atoms with E-state index in [9.17, 15) is 9.59 Å². The van der Waals surface area contributed by atoms with Crippen LogP contribution in [0.15, 0.2) is 64.4 Å². The van der Waals surface area contributed by atoms with Gasteiger partial charge >= 0.3 is 5.97 Å². The van der Waals surface area contributed by atoms with Crippen LogP contribution < -0.4 is 4.90 Å². The smallest absolute Gasteiger partial charge is 0.333 e. The second kappa shape index (κ2) is 7.79. The molecule has 4 nitrogen and oxygen atoms in total. The monoisotopic (exact) mass is 367 g/mol. The largest absolute Gasteiger partial charge is 0.462 e. The fourth-order valence-corrected chi connectivity index (χ4v) is 3.98. The maximum absolute atomic E-state index is 12.2. The number of para-hydroxylation sites is 1. The van der Waals surface area contributed by atoms with Crippen molar-refractivity contribution in [3.05, 3.63) is 60.2 Å². The van der Waals surface area contributed by atoms with Gasteiger partial charge in [-0.1, -0.05) is 36.5 Å². The molecule has 3 rings (SSSR count). The van der Waals surface area contributed by atoms with Crippen LogP contribution in [-0.4, -0.2) is 18.5 Å². The van der Waals surface area contributed by atoms with Crippen molar-refractivity contribution in [3.63, 3.8) is 0 Å². The van der Waals surface area contributed by atoms with Crippen molar-refractivity contribution in [3.8, 4) is 0 Å². The predicted molar refractivity (Wildman–Crippen MR) is 104 cm³/mol. The Balaban J connectivity index is 1.74. The van der Waals surface area contributed by atoms with Gasteiger partial charge in [0.1, 0.15) is 0 Å². The van der Waals surface area contributed by atoms with Crippen molar-refractivity contribution in [2.75, 3.05) is 11.5 Å². The molecule has 5 heteroatoms. The number of rotatable bonds is 5. The van der Waals surface area contributed by atoms with Crippen LogP contribution in [0, 0.1) is 0 Å². The summed E-state index contributed by atoms with van der Waals surface area (Å²) < 4.78 is 5.14. The first-order chi connectivity index (χ1) is 12.5. The quantitative estimate of drug-likeness (QED) is 0.429. The van der Waals surface area contributed by atoms with E-state index in [4.69, 9.17) is 4.74 Å². The molecule has 0 atom stereocenters. The number of benzene rings is 2. The second-order valence-electron chi connectivity index (χ2n) is 6.25. The van der Waals surface area contributed by atoms with E-state index in [-0.39, 0.29) is 11.9 Å². The SMILES string of the molecule is C=C(C)C(=O)OCCCc1ccc2c(c1)Sc1ccccc1N2C(C)=O. The Kier molecular flexibility index (Phi) is 5.47. The molecule has 0 spiro atoms. The Hall–Kier alpha value is -2.53. The highest BCUT2D eigenvalue weighted by atomic mass is 32.2. The summed E-state index contributed by atoms with van der Waals surface area (Å²) in [5.41, 5.74) is 3.42. The Morgan fingerprint density at radius 2 is 1.81 bits per heavy atom. The van der Waals surface area contributed by atoms with Crippen LogP contribution in [0.5, 0.6) is 0 Å². The van der Waals surface area contributed by atoms with Gasteiger partial charge in [0.05, 0.1) is 18.0 Å². The molecule has 1 amide bonds. The number of hydrogen-bond acceptors (Lipinski definition) is 4. The van der Waals surface area contributed by atoms with Crippen molar-refractivity contribution >= 4 is 35.0 Å². The summed E-state index contributed by atoms with van der Waals surface area (Å²) >= 11 is 1.67. The third-order valence-electron chi connectivity index (χ3n) is 4.10. The van der Waals surface area contributed by atoms with Crippen LogP contribution in [0.25, 0.3) is 0 Å². The summed E-state index contributed by atoms with van der Waals surface area (Å²) in [4.78, 5) is 27.5. The van der Waals surface area contributed by atoms with Gasteiger partial charge < -0.3 is 4.74 Å². The van der Waals surface area contributed by atoms with Gasteiger partial charge in [0.15, 0.2) is 0 Å². The number of carbonyl (C=O) groups excluding carboxylic acids is 2. The molecular formula is C21H21NO3S. The third kappa shape index (κ3) is 3.83. The minimum Gasteiger partial charge on any atom is -0.462 e. The summed E-state index contributed by atoms with van der Waals surface area (Å²) in [6.07, 6.45) is 1.55. The van der Waals surface area contributed by atoms with Crippen LogP contribution in [0.3, 0.4) is 0 Å². The normalized spacial score (nSPS) is 12.2. The summed E-state index contributed by atoms with van der Waals surface area (Å²) in [6, 6.07) is 14.1. The zero-order valence-corrected chi connectivity index (χ0v) is 15.8. The molecule has 0 aliphatic carbocycles. The first kappa shape index (κ1) is 18.3. The number of hydrogen-bond donors (Lipinski definition) is 0. The topological polar surface area (TPSA) is 46.6 Å². The van der Waals surface area contributed by atoms with E-state index >= 15 is 0 Å². The van der Waals surface area contributed by atoms with Gasteiger partial charge in [0.2, 0.25) is 5.91 Å². The van der Waals surface area contributed by atoms with E-state index in [0.717, 1.165) is 39.6 Å². The van der Waals surface area contributed by atoms with E-state index in [1.165, 1.54) is 0 Å². The second-order valence-corrected chi connectivity index (χ2v) is 7.33. The summed E-state index contributed by atoms with van der Waals surface area (Å²) in [5.74, 6) is -0.349. The molecular weight excluding hydrogens is 346 g/mol. The molecule has 0 bridgehead atoms. The van der Waals surface area contributed by atoms with Gasteiger partial charge in [0.25, 0.3) is 0 Å². The maximum Gasteiger partial charge on any atom is 0.333 e. The standard InChI is InChI=1S/C21H21NO3S/c1-14(2)21(24)25-12-6-7-16-10-11-18-20(13-16)26-19-9-5-4-8-17(19)22(18)15(3)23/h4-5,8-11,13H,1,6-7,12H2,2-3H3. The lowest BCUT2D eigenvalue weighted by molar-refractivity contribution is -0.139. The van der Waals surface area contributed by atoms with Crippen molar-refractivity contribution in [1.82, 2.24) is 0 Å². The Morgan fingerprint density at radius 1 is 1.08 bits per heavy atom. The number of aryl methyl sites for hydroxylation is 1. The van der Waals surface area contributed by atoms with Crippen LogP contribution in [0.1, 0.15) is 25.8 Å². The average Bonchev–Trinajstić information content (AvgIpc) is 2.62. The molecule has 134 valence electrons. The zero-order chi connectivity index (χ0) is 18.7. The molecule has 0 unspecified atom stereocenters. The lowest BCUT2D eigenvalue weighted by Crippen LogP contribution is -2.25. The van der Waals surface area contributed by atoms with Gasteiger partial charge in [-0.2, -0.15) is 0 Å². The molecule has 0 saturated carbocycles. The predicted octanol–water partition coefficient (Wildman–Crippen LogP) is 4.89. The molecule has 1 aliphatic rings. The van der Waals surface area contributed by atoms with E-state index in [0.29, 0.717) is 12.2 Å². The van der Waals surface area contributed by atoms with E-state index in [1.54, 1.807) is 30.5 Å². The zero-order valence-electron chi connectivity index (χ0n) is 15.0. The van der Waals surface area contributed by atoms with Crippen LogP contribution >= 0.6 is 11.8 Å². The van der Waals surface area contributed by atoms with Crippen molar-refractivity contribution in [2.45, 2.75) is 36.5 Å². The molecule has 0 saturated heterocycles. The van der Waals surface area contributed by atoms with Crippen LogP contribution in [0.4, 0.5) is 11.4 Å². The molecule has 0 radical (unpaired) electrons. The number of nitrogens with zero attached hydrogens (tertiary/aromatic N) is 1. The van der Waals surface area contributed by atoms with Crippen molar-refractivity contribution in [1.29, 1.82) is 0 Å². The molecule has 0 fully saturated rings. The Labute approximate surface area is 157 Å². The minimum atomic E-state index is -0.347. The molecule has 0 N–H and O–H groups in total. The fourth-order valence-electron chi connectivity index (χ4n) is 2.86. The molecule has 2 aromatic rings. The first-order valence-electron chi connectivity index (χ1n) is 8.50. The maximum atomic E-state index is 12.2. The van der Waals surface area contributed by atoms with Crippen molar-refractivity contribution in [2.24, 2.45) is 0 Å². The average molecular weight is 367 g/mol. The highest BCUT2D eigenvalue weighted by Crippen LogP contribution is 2.48. The molecule has 1 aliphatic heterocycles. The van der Waals surface area contributed by atoms with E-state index < -0.39 is 0 Å². The number of ether oxygens (including phenoxy) is 1. The lowest BCUT2D eigenvalue weighted by atomic mass is 10.1. The fraction of sp³-hybridized carbons (Fsp3) is 0.238. The number of esters is 1. The number of carbonyl (C=O) groups is 2. The first-order valence-corrected chi connectivity index (χ1v) is 9.32. The van der Waals surface area contributed by atoms with Gasteiger partial charge in [-0.05, 0) is 49.6 Å². The number of fused-ring (bicyclic) bond motifs is 2. The van der Waals surface area contributed by atoms with E-state index in [2.05, 4.69) is 12.6 Å². The lowest BCUT2D eigenvalue weighted by Gasteiger charge is -2.30. The minimum absolute atomic E-state index is 0.00143. The van der Waals surface area contributed by atoms with Gasteiger partial charge in [-0.15, -0.1) is 0 Å². The highest BCUT2D eigenvalue weighted by Gasteiger charge is 2.25. The highest BCUT2D eigenvalue weighted by molar-refractivity contribution is 7.99. The van der Waals surface area contributed by atoms with E-state index in [1.807, 2.05) is 36.4 Å². The van der Waals surface area contributed by atoms with Gasteiger partial charge in [-0.3, -0.25) is 9.69 Å². The molecule has 26 heavy (non-hydrogen) atoms. The summed E-state index contributed by atoms with van der Waals surface area (Å²) in [7, 11) is 0. The Bertz CT molecular complexity index is 875. The van der Waals surface area contributed by atoms with Crippen LogP contribution in [0.2, 0.25) is 0 Å². The number of amides is 1. The summed E-state index contributed by atoms with van der Waals surface area (Å²) in [5, 5.41) is 0. The van der Waals surface area contributed by atoms with Gasteiger partial charge in [0, 0.05) is 22.3 Å². The third-order valence-corrected chi connectivity index (χ3v) is 5.21. The van der Waals surface area contributed by atoms with Crippen molar-refractivity contribution < 1.29 is 14.3 Å². The molecule has 2 aromatic carbocycles. The van der Waals surface area contributed by atoms with Crippen LogP contribution in [-0.2, 0) is 20.7 Å². The Morgan fingerprint density at radius 3 is 2.54 bits per heavy atom. The molecule has 0 aromatic heterocycles. The summed E-state index contributed by atoms with van der Waals surface area (Å²) in [6.45, 7) is 7.17. The number of anilines is 2. The van der Waals surface area contributed by atoms with Gasteiger partial charge in [-0.25, -0.2) is 4.79 Å². The molecule has 1 heterocycles.